The highest BCUT2D eigenvalue weighted by Gasteiger charge is 2.19. The SMILES string of the molecule is CCOCc1nc(NC)cc(N2CCn3cnnc3C2)n1. The zero-order valence-electron chi connectivity index (χ0n) is 12.3. The topological polar surface area (TPSA) is 81.0 Å². The molecule has 1 N–H and O–H groups in total. The largest absolute Gasteiger partial charge is 0.374 e. The van der Waals surface area contributed by atoms with Crippen LogP contribution in [0.1, 0.15) is 18.6 Å². The quantitative estimate of drug-likeness (QED) is 0.866. The third-order valence-electron chi connectivity index (χ3n) is 3.41. The van der Waals surface area contributed by atoms with Crippen molar-refractivity contribution in [3.8, 4) is 0 Å². The molecule has 2 aromatic rings. The van der Waals surface area contributed by atoms with Gasteiger partial charge in [0.2, 0.25) is 0 Å². The molecule has 3 heterocycles. The lowest BCUT2D eigenvalue weighted by molar-refractivity contribution is 0.128. The van der Waals surface area contributed by atoms with Gasteiger partial charge >= 0.3 is 0 Å². The first kappa shape index (κ1) is 13.7. The predicted molar refractivity (Wildman–Crippen MR) is 78.0 cm³/mol. The zero-order valence-corrected chi connectivity index (χ0v) is 12.3. The maximum atomic E-state index is 5.41. The average molecular weight is 289 g/mol. The van der Waals surface area contributed by atoms with Gasteiger partial charge in [-0.05, 0) is 6.92 Å². The summed E-state index contributed by atoms with van der Waals surface area (Å²) in [5.41, 5.74) is 0. The van der Waals surface area contributed by atoms with Crippen molar-refractivity contribution in [1.29, 1.82) is 0 Å². The molecule has 0 fully saturated rings. The molecule has 0 aromatic carbocycles. The summed E-state index contributed by atoms with van der Waals surface area (Å²) < 4.78 is 7.47. The number of rotatable bonds is 5. The molecule has 0 bridgehead atoms. The lowest BCUT2D eigenvalue weighted by Crippen LogP contribution is -2.34. The lowest BCUT2D eigenvalue weighted by atomic mass is 10.3. The van der Waals surface area contributed by atoms with Crippen LogP contribution in [0.4, 0.5) is 11.6 Å². The number of nitrogens with one attached hydrogen (secondary N) is 1. The molecule has 112 valence electrons. The van der Waals surface area contributed by atoms with Gasteiger partial charge in [-0.2, -0.15) is 0 Å². The van der Waals surface area contributed by atoms with E-state index < -0.39 is 0 Å². The smallest absolute Gasteiger partial charge is 0.158 e. The molecule has 0 saturated heterocycles. The highest BCUT2D eigenvalue weighted by molar-refractivity contribution is 5.49. The van der Waals surface area contributed by atoms with Crippen molar-refractivity contribution in [2.75, 3.05) is 30.4 Å². The fraction of sp³-hybridized carbons (Fsp3) is 0.538. The normalized spacial score (nSPS) is 14.1. The third-order valence-corrected chi connectivity index (χ3v) is 3.41. The van der Waals surface area contributed by atoms with Gasteiger partial charge in [-0.25, -0.2) is 9.97 Å². The number of fused-ring (bicyclic) bond motifs is 1. The Balaban J connectivity index is 1.84. The van der Waals surface area contributed by atoms with Gasteiger partial charge in [0.15, 0.2) is 11.6 Å². The van der Waals surface area contributed by atoms with Gasteiger partial charge in [-0.1, -0.05) is 0 Å². The summed E-state index contributed by atoms with van der Waals surface area (Å²) in [6, 6.07) is 1.95. The summed E-state index contributed by atoms with van der Waals surface area (Å²) in [5.74, 6) is 3.32. The highest BCUT2D eigenvalue weighted by atomic mass is 16.5. The minimum Gasteiger partial charge on any atom is -0.374 e. The molecule has 3 rings (SSSR count). The summed E-state index contributed by atoms with van der Waals surface area (Å²) in [5, 5.41) is 11.2. The number of hydrogen-bond donors (Lipinski definition) is 1. The fourth-order valence-electron chi connectivity index (χ4n) is 2.29. The molecule has 0 amide bonds. The first-order valence-electron chi connectivity index (χ1n) is 7.05. The van der Waals surface area contributed by atoms with E-state index in [1.165, 1.54) is 0 Å². The van der Waals surface area contributed by atoms with Crippen molar-refractivity contribution in [2.45, 2.75) is 26.6 Å². The van der Waals surface area contributed by atoms with E-state index >= 15 is 0 Å². The Morgan fingerprint density at radius 2 is 2.24 bits per heavy atom. The Labute approximate surface area is 123 Å². The molecular formula is C13H19N7O. The van der Waals surface area contributed by atoms with E-state index in [9.17, 15) is 0 Å². The number of hydrogen-bond acceptors (Lipinski definition) is 7. The second-order valence-corrected chi connectivity index (χ2v) is 4.78. The fourth-order valence-corrected chi connectivity index (χ4v) is 2.29. The van der Waals surface area contributed by atoms with Crippen LogP contribution in [0.25, 0.3) is 0 Å². The van der Waals surface area contributed by atoms with Crippen molar-refractivity contribution in [1.82, 2.24) is 24.7 Å². The predicted octanol–water partition coefficient (Wildman–Crippen LogP) is 0.666. The highest BCUT2D eigenvalue weighted by Crippen LogP contribution is 2.20. The van der Waals surface area contributed by atoms with Crippen LogP contribution >= 0.6 is 0 Å². The average Bonchev–Trinajstić information content (AvgIpc) is 3.00. The Hall–Kier alpha value is -2.22. The van der Waals surface area contributed by atoms with Crippen molar-refractivity contribution in [3.63, 3.8) is 0 Å². The van der Waals surface area contributed by atoms with Crippen molar-refractivity contribution < 1.29 is 4.74 Å². The van der Waals surface area contributed by atoms with Crippen molar-refractivity contribution >= 4 is 11.6 Å². The summed E-state index contributed by atoms with van der Waals surface area (Å²) in [6.07, 6.45) is 1.77. The second kappa shape index (κ2) is 6.04. The van der Waals surface area contributed by atoms with Crippen LogP contribution < -0.4 is 10.2 Å². The first-order chi connectivity index (χ1) is 10.3. The molecule has 0 unspecified atom stereocenters. The van der Waals surface area contributed by atoms with Crippen LogP contribution in [0.3, 0.4) is 0 Å². The molecule has 0 saturated carbocycles. The number of nitrogens with zero attached hydrogens (tertiary/aromatic N) is 6. The van der Waals surface area contributed by atoms with Gasteiger partial charge in [0.25, 0.3) is 0 Å². The van der Waals surface area contributed by atoms with E-state index in [4.69, 9.17) is 4.74 Å². The van der Waals surface area contributed by atoms with Gasteiger partial charge < -0.3 is 19.5 Å². The molecule has 2 aromatic heterocycles. The minimum atomic E-state index is 0.420. The molecule has 8 nitrogen and oxygen atoms in total. The van der Waals surface area contributed by atoms with Crippen molar-refractivity contribution in [2.24, 2.45) is 0 Å². The van der Waals surface area contributed by atoms with E-state index in [0.29, 0.717) is 25.6 Å². The van der Waals surface area contributed by atoms with Crippen LogP contribution in [-0.4, -0.2) is 44.9 Å². The molecule has 0 atom stereocenters. The molecule has 8 heteroatoms. The summed E-state index contributed by atoms with van der Waals surface area (Å²) >= 11 is 0. The van der Waals surface area contributed by atoms with Gasteiger partial charge in [-0.15, -0.1) is 10.2 Å². The second-order valence-electron chi connectivity index (χ2n) is 4.78. The molecular weight excluding hydrogens is 270 g/mol. The molecule has 1 aliphatic rings. The maximum Gasteiger partial charge on any atom is 0.158 e. The van der Waals surface area contributed by atoms with Crippen LogP contribution in [0.15, 0.2) is 12.4 Å². The van der Waals surface area contributed by atoms with E-state index in [2.05, 4.69) is 34.9 Å². The van der Waals surface area contributed by atoms with Crippen LogP contribution in [0, 0.1) is 0 Å². The molecule has 0 spiro atoms. The van der Waals surface area contributed by atoms with E-state index in [-0.39, 0.29) is 0 Å². The van der Waals surface area contributed by atoms with E-state index in [1.54, 1.807) is 6.33 Å². The van der Waals surface area contributed by atoms with Crippen molar-refractivity contribution in [3.05, 3.63) is 24.0 Å². The number of aromatic nitrogens is 5. The summed E-state index contributed by atoms with van der Waals surface area (Å²) in [6.45, 7) is 5.47. The number of ether oxygens (including phenoxy) is 1. The minimum absolute atomic E-state index is 0.420. The maximum absolute atomic E-state index is 5.41. The zero-order chi connectivity index (χ0) is 14.7. The molecule has 0 radical (unpaired) electrons. The Kier molecular flexibility index (Phi) is 3.96. The van der Waals surface area contributed by atoms with Gasteiger partial charge in [0.05, 0.1) is 6.54 Å². The molecule has 21 heavy (non-hydrogen) atoms. The monoisotopic (exact) mass is 289 g/mol. The standard InChI is InChI=1S/C13H19N7O/c1-3-21-8-11-16-10(14-2)6-12(17-11)19-4-5-20-9-15-18-13(20)7-19/h6,9H,3-5,7-8H2,1-2H3,(H,14,16,17). The lowest BCUT2D eigenvalue weighted by Gasteiger charge is -2.28. The third kappa shape index (κ3) is 2.94. The summed E-state index contributed by atoms with van der Waals surface area (Å²) in [4.78, 5) is 11.2. The number of anilines is 2. The van der Waals surface area contributed by atoms with E-state index in [0.717, 1.165) is 30.5 Å². The van der Waals surface area contributed by atoms with Gasteiger partial charge in [0.1, 0.15) is 24.6 Å². The summed E-state index contributed by atoms with van der Waals surface area (Å²) in [7, 11) is 1.85. The van der Waals surface area contributed by atoms with Gasteiger partial charge in [0, 0.05) is 32.8 Å². The molecule has 1 aliphatic heterocycles. The molecule has 0 aliphatic carbocycles. The van der Waals surface area contributed by atoms with Crippen LogP contribution in [-0.2, 0) is 24.4 Å². The van der Waals surface area contributed by atoms with Crippen LogP contribution in [0.5, 0.6) is 0 Å². The Morgan fingerprint density at radius 1 is 1.33 bits per heavy atom. The Bertz CT molecular complexity index is 612. The van der Waals surface area contributed by atoms with Gasteiger partial charge in [-0.3, -0.25) is 0 Å². The first-order valence-corrected chi connectivity index (χ1v) is 7.05. The van der Waals surface area contributed by atoms with E-state index in [1.807, 2.05) is 20.0 Å². The van der Waals surface area contributed by atoms with Crippen LogP contribution in [0.2, 0.25) is 0 Å². The Morgan fingerprint density at radius 3 is 3.05 bits per heavy atom.